The number of carbonyl (C=O) groups excluding carboxylic acids is 3. The third kappa shape index (κ3) is 2.68. The van der Waals surface area contributed by atoms with Crippen LogP contribution in [0.25, 0.3) is 0 Å². The largest absolute Gasteiger partial charge is 0.380 e. The Morgan fingerprint density at radius 1 is 1.19 bits per heavy atom. The molecule has 8 heteroatoms. The standard InChI is InChI=1S/C18H24N4O4/c1-20-6-3-4-13(20)16(23)19-11-5-7-21-14(8-11)18(25)22-10-12(26-2)9-15(22)17(21)24/h3-4,6,11-12,14-15H,5,7-10H2,1-2H3,(H,19,23)/t11-,12-,14+,15+/m1/s1. The number of aromatic nitrogens is 1. The Balaban J connectivity index is 1.46. The fraction of sp³-hybridized carbons (Fsp3) is 0.611. The third-order valence-electron chi connectivity index (χ3n) is 5.85. The number of amides is 3. The van der Waals surface area contributed by atoms with Crippen LogP contribution in [0.2, 0.25) is 0 Å². The predicted octanol–water partition coefficient (Wildman–Crippen LogP) is -0.256. The molecule has 1 aromatic rings. The molecule has 4 atom stereocenters. The van der Waals surface area contributed by atoms with E-state index in [-0.39, 0.29) is 29.9 Å². The Kier molecular flexibility index (Phi) is 4.22. The van der Waals surface area contributed by atoms with Crippen LogP contribution in [0.15, 0.2) is 18.3 Å². The highest BCUT2D eigenvalue weighted by Crippen LogP contribution is 2.32. The Bertz CT molecular complexity index is 745. The lowest BCUT2D eigenvalue weighted by molar-refractivity contribution is -0.161. The Labute approximate surface area is 152 Å². The van der Waals surface area contributed by atoms with Crippen molar-refractivity contribution in [3.8, 4) is 0 Å². The summed E-state index contributed by atoms with van der Waals surface area (Å²) in [4.78, 5) is 41.5. The van der Waals surface area contributed by atoms with Crippen LogP contribution in [-0.2, 0) is 21.4 Å². The Hall–Kier alpha value is -2.35. The average molecular weight is 360 g/mol. The zero-order chi connectivity index (χ0) is 18.4. The van der Waals surface area contributed by atoms with Gasteiger partial charge in [0.2, 0.25) is 11.8 Å². The van der Waals surface area contributed by atoms with Crippen molar-refractivity contribution in [2.45, 2.75) is 43.5 Å². The second-order valence-electron chi connectivity index (χ2n) is 7.35. The highest BCUT2D eigenvalue weighted by Gasteiger charge is 2.52. The van der Waals surface area contributed by atoms with Gasteiger partial charge in [-0.25, -0.2) is 0 Å². The maximum atomic E-state index is 12.9. The van der Waals surface area contributed by atoms with E-state index in [1.165, 1.54) is 0 Å². The van der Waals surface area contributed by atoms with Crippen molar-refractivity contribution < 1.29 is 19.1 Å². The monoisotopic (exact) mass is 360 g/mol. The van der Waals surface area contributed by atoms with Crippen LogP contribution in [0.5, 0.6) is 0 Å². The molecule has 3 fully saturated rings. The molecule has 0 aliphatic carbocycles. The summed E-state index contributed by atoms with van der Waals surface area (Å²) < 4.78 is 7.12. The highest BCUT2D eigenvalue weighted by atomic mass is 16.5. The zero-order valence-corrected chi connectivity index (χ0v) is 15.1. The third-order valence-corrected chi connectivity index (χ3v) is 5.85. The van der Waals surface area contributed by atoms with Gasteiger partial charge in [0.1, 0.15) is 17.8 Å². The van der Waals surface area contributed by atoms with E-state index in [1.807, 2.05) is 19.3 Å². The van der Waals surface area contributed by atoms with Gasteiger partial charge in [-0.1, -0.05) is 0 Å². The van der Waals surface area contributed by atoms with E-state index < -0.39 is 12.1 Å². The van der Waals surface area contributed by atoms with Gasteiger partial charge in [0, 0.05) is 45.9 Å². The highest BCUT2D eigenvalue weighted by molar-refractivity contribution is 5.98. The van der Waals surface area contributed by atoms with Crippen molar-refractivity contribution in [2.24, 2.45) is 7.05 Å². The SMILES string of the molecule is CO[C@@H]1C[C@H]2C(=O)N3CC[C@@H](NC(=O)c4cccn4C)C[C@H]3C(=O)N2C1. The number of rotatable bonds is 3. The van der Waals surface area contributed by atoms with Crippen molar-refractivity contribution in [2.75, 3.05) is 20.2 Å². The smallest absolute Gasteiger partial charge is 0.268 e. The molecule has 3 aliphatic heterocycles. The van der Waals surface area contributed by atoms with E-state index >= 15 is 0 Å². The molecule has 1 N–H and O–H groups in total. The van der Waals surface area contributed by atoms with Crippen molar-refractivity contribution >= 4 is 17.7 Å². The van der Waals surface area contributed by atoms with Gasteiger partial charge in [-0.15, -0.1) is 0 Å². The molecular formula is C18H24N4O4. The first kappa shape index (κ1) is 17.1. The molecule has 0 spiro atoms. The summed E-state index contributed by atoms with van der Waals surface area (Å²) in [5.41, 5.74) is 0.584. The van der Waals surface area contributed by atoms with E-state index in [4.69, 9.17) is 4.74 Å². The first-order chi connectivity index (χ1) is 12.5. The lowest BCUT2D eigenvalue weighted by Crippen LogP contribution is -2.66. The number of aryl methyl sites for hydroxylation is 1. The summed E-state index contributed by atoms with van der Waals surface area (Å²) in [7, 11) is 3.43. The average Bonchev–Trinajstić information content (AvgIpc) is 3.26. The number of nitrogens with zero attached hydrogens (tertiary/aromatic N) is 3. The summed E-state index contributed by atoms with van der Waals surface area (Å²) in [5, 5.41) is 3.02. The van der Waals surface area contributed by atoms with Crippen molar-refractivity contribution in [3.05, 3.63) is 24.0 Å². The normalized spacial score (nSPS) is 31.0. The zero-order valence-electron chi connectivity index (χ0n) is 15.1. The van der Waals surface area contributed by atoms with E-state index in [2.05, 4.69) is 5.32 Å². The number of fused-ring (bicyclic) bond motifs is 2. The van der Waals surface area contributed by atoms with Crippen LogP contribution >= 0.6 is 0 Å². The van der Waals surface area contributed by atoms with Gasteiger partial charge < -0.3 is 24.4 Å². The molecule has 8 nitrogen and oxygen atoms in total. The Morgan fingerprint density at radius 2 is 1.92 bits per heavy atom. The van der Waals surface area contributed by atoms with Crippen LogP contribution in [0, 0.1) is 0 Å². The number of carbonyl (C=O) groups is 3. The summed E-state index contributed by atoms with van der Waals surface area (Å²) in [6, 6.07) is 2.59. The number of piperazine rings is 1. The van der Waals surface area contributed by atoms with Crippen molar-refractivity contribution in [1.29, 1.82) is 0 Å². The number of hydrogen-bond acceptors (Lipinski definition) is 4. The van der Waals surface area contributed by atoms with Crippen LogP contribution in [0.1, 0.15) is 29.8 Å². The number of methoxy groups -OCH3 is 1. The number of hydrogen-bond donors (Lipinski definition) is 1. The lowest BCUT2D eigenvalue weighted by Gasteiger charge is -2.46. The molecule has 0 radical (unpaired) electrons. The van der Waals surface area contributed by atoms with Crippen LogP contribution in [0.4, 0.5) is 0 Å². The molecule has 140 valence electrons. The minimum atomic E-state index is -0.484. The van der Waals surface area contributed by atoms with Crippen molar-refractivity contribution in [3.63, 3.8) is 0 Å². The van der Waals surface area contributed by atoms with E-state index in [9.17, 15) is 14.4 Å². The summed E-state index contributed by atoms with van der Waals surface area (Å²) in [6.45, 7) is 0.964. The summed E-state index contributed by atoms with van der Waals surface area (Å²) >= 11 is 0. The first-order valence-electron chi connectivity index (χ1n) is 9.05. The first-order valence-corrected chi connectivity index (χ1v) is 9.05. The van der Waals surface area contributed by atoms with Crippen molar-refractivity contribution in [1.82, 2.24) is 19.7 Å². The number of ether oxygens (including phenoxy) is 1. The topological polar surface area (TPSA) is 83.9 Å². The van der Waals surface area contributed by atoms with Gasteiger partial charge in [0.25, 0.3) is 5.91 Å². The second-order valence-corrected chi connectivity index (χ2v) is 7.35. The minimum Gasteiger partial charge on any atom is -0.380 e. The molecule has 0 aromatic carbocycles. The maximum absolute atomic E-state index is 12.9. The van der Waals surface area contributed by atoms with Gasteiger partial charge in [-0.2, -0.15) is 0 Å². The number of nitrogens with one attached hydrogen (secondary N) is 1. The predicted molar refractivity (Wildman–Crippen MR) is 92.3 cm³/mol. The molecule has 4 rings (SSSR count). The molecule has 3 aliphatic rings. The maximum Gasteiger partial charge on any atom is 0.268 e. The molecule has 0 saturated carbocycles. The fourth-order valence-electron chi connectivity index (χ4n) is 4.38. The van der Waals surface area contributed by atoms with Gasteiger partial charge in [0.15, 0.2) is 0 Å². The van der Waals surface area contributed by atoms with Gasteiger partial charge >= 0.3 is 0 Å². The molecule has 4 heterocycles. The lowest BCUT2D eigenvalue weighted by atomic mass is 9.92. The summed E-state index contributed by atoms with van der Waals surface area (Å²) in [5.74, 6) is -0.155. The van der Waals surface area contributed by atoms with Gasteiger partial charge in [0.05, 0.1) is 6.10 Å². The number of piperidine rings is 1. The van der Waals surface area contributed by atoms with E-state index in [1.54, 1.807) is 27.5 Å². The molecule has 3 amide bonds. The van der Waals surface area contributed by atoms with E-state index in [0.717, 1.165) is 0 Å². The quantitative estimate of drug-likeness (QED) is 0.805. The second kappa shape index (κ2) is 6.42. The van der Waals surface area contributed by atoms with E-state index in [0.29, 0.717) is 38.0 Å². The molecular weight excluding hydrogens is 336 g/mol. The van der Waals surface area contributed by atoms with Crippen LogP contribution < -0.4 is 5.32 Å². The molecule has 0 unspecified atom stereocenters. The van der Waals surface area contributed by atoms with Gasteiger partial charge in [-0.3, -0.25) is 14.4 Å². The Morgan fingerprint density at radius 3 is 2.62 bits per heavy atom. The fourth-order valence-corrected chi connectivity index (χ4v) is 4.38. The minimum absolute atomic E-state index is 0.0151. The van der Waals surface area contributed by atoms with Crippen LogP contribution in [0.3, 0.4) is 0 Å². The molecule has 1 aromatic heterocycles. The summed E-state index contributed by atoms with van der Waals surface area (Å²) in [6.07, 6.45) is 3.42. The molecule has 26 heavy (non-hydrogen) atoms. The molecule has 3 saturated heterocycles. The van der Waals surface area contributed by atoms with Gasteiger partial charge in [-0.05, 0) is 25.0 Å². The molecule has 0 bridgehead atoms. The van der Waals surface area contributed by atoms with Crippen LogP contribution in [-0.4, -0.2) is 76.5 Å².